The van der Waals surface area contributed by atoms with Crippen LogP contribution in [-0.2, 0) is 24.4 Å². The number of ether oxygens (including phenoxy) is 3. The van der Waals surface area contributed by atoms with Gasteiger partial charge in [-0.3, -0.25) is 19.1 Å². The molecule has 2 saturated carbocycles. The number of nitrogens with one attached hydrogen (secondary N) is 3. The Bertz CT molecular complexity index is 2210. The molecule has 3 amide bonds. The highest BCUT2D eigenvalue weighted by atomic mass is 32.2. The number of anilines is 2. The Balaban J connectivity index is 1.23. The maximum absolute atomic E-state index is 14.7. The molecule has 3 heterocycles. The van der Waals surface area contributed by atoms with Gasteiger partial charge in [0.2, 0.25) is 27.7 Å². The minimum atomic E-state index is -3.94. The minimum absolute atomic E-state index is 0.0286. The van der Waals surface area contributed by atoms with E-state index in [-0.39, 0.29) is 31.0 Å². The van der Waals surface area contributed by atoms with E-state index >= 15 is 0 Å². The van der Waals surface area contributed by atoms with Crippen molar-refractivity contribution in [1.82, 2.24) is 19.9 Å². The number of likely N-dealkylation sites (tertiary alicyclic amines) is 1. The van der Waals surface area contributed by atoms with Crippen LogP contribution in [0.2, 0.25) is 0 Å². The van der Waals surface area contributed by atoms with E-state index in [2.05, 4.69) is 21.9 Å². The van der Waals surface area contributed by atoms with Crippen molar-refractivity contribution in [3.63, 3.8) is 0 Å². The average molecular weight is 797 g/mol. The monoisotopic (exact) mass is 796 g/mol. The van der Waals surface area contributed by atoms with Gasteiger partial charge in [-0.2, -0.15) is 4.98 Å². The number of halogens is 2. The quantitative estimate of drug-likeness (QED) is 0.228. The highest BCUT2D eigenvalue weighted by Gasteiger charge is 2.62. The zero-order chi connectivity index (χ0) is 40.3. The highest BCUT2D eigenvalue weighted by Crippen LogP contribution is 2.46. The van der Waals surface area contributed by atoms with Gasteiger partial charge in [0.15, 0.2) is 23.2 Å². The van der Waals surface area contributed by atoms with Gasteiger partial charge < -0.3 is 34.6 Å². The van der Waals surface area contributed by atoms with Crippen molar-refractivity contribution in [1.29, 1.82) is 0 Å². The lowest BCUT2D eigenvalue weighted by Crippen LogP contribution is -2.58. The predicted molar refractivity (Wildman–Crippen MR) is 204 cm³/mol. The van der Waals surface area contributed by atoms with Gasteiger partial charge >= 0.3 is 0 Å². The van der Waals surface area contributed by atoms with Crippen molar-refractivity contribution in [3.05, 3.63) is 60.7 Å². The SMILES string of the molecule is C=C[C@@H]1C[C@]1(NC(=O)[C@@H]1C[C@@H](Oc2nc3c(c4cc(OC)ccc24)OCCN3C)CN1C(=O)[C@@H](Nc1ccc(F)c(F)c1)C(C)(C)C)C(=O)NS(=O)(=O)C1CC1. The van der Waals surface area contributed by atoms with E-state index in [1.165, 1.54) is 17.0 Å². The Morgan fingerprint density at radius 3 is 2.50 bits per heavy atom. The molecule has 3 N–H and O–H groups in total. The van der Waals surface area contributed by atoms with Crippen LogP contribution in [0.15, 0.2) is 49.1 Å². The first kappa shape index (κ1) is 39.1. The molecule has 2 aromatic carbocycles. The molecule has 1 aromatic heterocycles. The molecule has 0 spiro atoms. The summed E-state index contributed by atoms with van der Waals surface area (Å²) >= 11 is 0. The van der Waals surface area contributed by atoms with Crippen LogP contribution in [0.25, 0.3) is 10.8 Å². The van der Waals surface area contributed by atoms with Crippen LogP contribution < -0.4 is 34.5 Å². The number of methoxy groups -OCH3 is 1. The van der Waals surface area contributed by atoms with E-state index < -0.39 is 79.7 Å². The molecule has 2 aliphatic heterocycles. The smallest absolute Gasteiger partial charge is 0.259 e. The second-order valence-corrected chi connectivity index (χ2v) is 17.9. The second-order valence-electron chi connectivity index (χ2n) is 16.0. The second kappa shape index (κ2) is 14.4. The van der Waals surface area contributed by atoms with Gasteiger partial charge in [-0.05, 0) is 55.0 Å². The molecule has 5 atom stereocenters. The number of carbonyl (C=O) groups excluding carboxylic acids is 3. The van der Waals surface area contributed by atoms with E-state index in [4.69, 9.17) is 19.2 Å². The number of nitrogens with zero attached hydrogens (tertiary/aromatic N) is 3. The van der Waals surface area contributed by atoms with Gasteiger partial charge in [-0.15, -0.1) is 6.58 Å². The van der Waals surface area contributed by atoms with E-state index in [9.17, 15) is 31.6 Å². The molecule has 1 saturated heterocycles. The summed E-state index contributed by atoms with van der Waals surface area (Å²) in [5, 5.41) is 6.46. The van der Waals surface area contributed by atoms with Gasteiger partial charge in [-0.25, -0.2) is 17.2 Å². The zero-order valence-electron chi connectivity index (χ0n) is 31.9. The number of amides is 3. The third-order valence-corrected chi connectivity index (χ3v) is 12.7. The number of sulfonamides is 1. The lowest BCUT2D eigenvalue weighted by Gasteiger charge is -2.36. The summed E-state index contributed by atoms with van der Waals surface area (Å²) in [5.74, 6) is -2.90. The van der Waals surface area contributed by atoms with E-state index in [0.29, 0.717) is 54.1 Å². The summed E-state index contributed by atoms with van der Waals surface area (Å²) in [7, 11) is -0.502. The first-order valence-electron chi connectivity index (χ1n) is 18.5. The molecule has 300 valence electrons. The van der Waals surface area contributed by atoms with Crippen LogP contribution in [0.5, 0.6) is 17.4 Å². The fraction of sp³-hybridized carbons (Fsp3) is 0.487. The van der Waals surface area contributed by atoms with Crippen molar-refractivity contribution in [2.24, 2.45) is 11.3 Å². The number of likely N-dealkylation sites (N-methyl/N-ethyl adjacent to an activating group) is 1. The lowest BCUT2D eigenvalue weighted by molar-refractivity contribution is -0.141. The van der Waals surface area contributed by atoms with Crippen LogP contribution in [0, 0.1) is 23.0 Å². The normalized spacial score (nSPS) is 23.7. The Morgan fingerprint density at radius 1 is 1.11 bits per heavy atom. The molecule has 4 aliphatic rings. The predicted octanol–water partition coefficient (Wildman–Crippen LogP) is 3.89. The third-order valence-electron chi connectivity index (χ3n) is 10.9. The number of fused-ring (bicyclic) bond motifs is 3. The Hall–Kier alpha value is -5.19. The Labute approximate surface area is 324 Å². The fourth-order valence-corrected chi connectivity index (χ4v) is 8.72. The molecule has 14 nitrogen and oxygen atoms in total. The number of benzene rings is 2. The minimum Gasteiger partial charge on any atom is -0.497 e. The van der Waals surface area contributed by atoms with Crippen molar-refractivity contribution < 1.29 is 45.8 Å². The summed E-state index contributed by atoms with van der Waals surface area (Å²) in [6, 6.07) is 6.33. The van der Waals surface area contributed by atoms with Crippen molar-refractivity contribution in [2.45, 2.75) is 75.4 Å². The number of carbonyl (C=O) groups is 3. The zero-order valence-corrected chi connectivity index (χ0v) is 32.7. The highest BCUT2D eigenvalue weighted by molar-refractivity contribution is 7.91. The third kappa shape index (κ3) is 7.40. The Morgan fingerprint density at radius 2 is 1.86 bits per heavy atom. The standard InChI is InChI=1S/C39H46F2N6O8S/c1-7-21-19-39(21,37(50)45-56(51,52)25-10-11-25)44-34(48)30-18-24(20-47(30)36(49)32(38(2,3)4)42-22-8-13-28(40)29(41)16-22)55-35-26-12-9-23(53-6)17-27(26)31-33(43-35)46(5)14-15-54-31/h7-9,12-13,16-17,21,24-25,30,32,42H,1,10-11,14-15,18-20H2,2-6H3,(H,44,48)(H,45,50)/t21-,24-,30+,32-,39-/m1/s1. The topological polar surface area (TPSA) is 168 Å². The number of hydrogen-bond acceptors (Lipinski definition) is 11. The van der Waals surface area contributed by atoms with Crippen LogP contribution >= 0.6 is 0 Å². The number of pyridine rings is 1. The van der Waals surface area contributed by atoms with Crippen molar-refractivity contribution in [2.75, 3.05) is 44.1 Å². The number of rotatable bonds is 12. The molecule has 0 bridgehead atoms. The van der Waals surface area contributed by atoms with Gasteiger partial charge in [0, 0.05) is 41.9 Å². The van der Waals surface area contributed by atoms with E-state index in [0.717, 1.165) is 12.1 Å². The van der Waals surface area contributed by atoms with Gasteiger partial charge in [-0.1, -0.05) is 26.8 Å². The molecule has 3 aromatic rings. The maximum atomic E-state index is 14.7. The van der Waals surface area contributed by atoms with Crippen LogP contribution in [0.1, 0.15) is 46.5 Å². The molecule has 2 aliphatic carbocycles. The van der Waals surface area contributed by atoms with E-state index in [1.807, 2.05) is 18.0 Å². The first-order chi connectivity index (χ1) is 26.4. The van der Waals surface area contributed by atoms with Gasteiger partial charge in [0.25, 0.3) is 5.91 Å². The Kier molecular flexibility index (Phi) is 10.0. The number of hydrogen-bond donors (Lipinski definition) is 3. The first-order valence-corrected chi connectivity index (χ1v) is 20.1. The lowest BCUT2D eigenvalue weighted by atomic mass is 9.85. The van der Waals surface area contributed by atoms with Crippen LogP contribution in [-0.4, -0.2) is 98.9 Å². The molecule has 17 heteroatoms. The molecule has 56 heavy (non-hydrogen) atoms. The summed E-state index contributed by atoms with van der Waals surface area (Å²) in [6.45, 7) is 10.1. The molecule has 0 radical (unpaired) electrons. The summed E-state index contributed by atoms with van der Waals surface area (Å²) in [6.07, 6.45) is 1.65. The number of aromatic nitrogens is 1. The van der Waals surface area contributed by atoms with Crippen molar-refractivity contribution >= 4 is 50.0 Å². The summed E-state index contributed by atoms with van der Waals surface area (Å²) in [5.41, 5.74) is -2.26. The molecular weight excluding hydrogens is 751 g/mol. The van der Waals surface area contributed by atoms with Gasteiger partial charge in [0.1, 0.15) is 36.1 Å². The fourth-order valence-electron chi connectivity index (χ4n) is 7.35. The van der Waals surface area contributed by atoms with Gasteiger partial charge in [0.05, 0.1) is 25.4 Å². The molecular formula is C39H46F2N6O8S. The van der Waals surface area contributed by atoms with E-state index in [1.54, 1.807) is 40.0 Å². The maximum Gasteiger partial charge on any atom is 0.259 e. The molecule has 0 unspecified atom stereocenters. The molecule has 7 rings (SSSR count). The van der Waals surface area contributed by atoms with Crippen LogP contribution in [0.3, 0.4) is 0 Å². The average Bonchev–Trinajstić information content (AvgIpc) is 4.08. The van der Waals surface area contributed by atoms with Crippen molar-refractivity contribution in [3.8, 4) is 17.4 Å². The largest absolute Gasteiger partial charge is 0.497 e. The molecule has 3 fully saturated rings. The van der Waals surface area contributed by atoms with Crippen LogP contribution in [0.4, 0.5) is 20.3 Å². The summed E-state index contributed by atoms with van der Waals surface area (Å²) < 4.78 is 73.9. The summed E-state index contributed by atoms with van der Waals surface area (Å²) in [4.78, 5) is 50.8.